The molecule has 0 fully saturated rings. The van der Waals surface area contributed by atoms with Gasteiger partial charge in [-0.2, -0.15) is 17.0 Å². The zero-order valence-electron chi connectivity index (χ0n) is 23.4. The third kappa shape index (κ3) is 11.0. The molecule has 10 nitrogen and oxygen atoms in total. The van der Waals surface area contributed by atoms with Crippen LogP contribution >= 0.6 is 11.8 Å². The maximum absolute atomic E-state index is 13.9. The Morgan fingerprint density at radius 3 is 2.45 bits per heavy atom. The van der Waals surface area contributed by atoms with Crippen LogP contribution in [0.15, 0.2) is 18.2 Å². The Labute approximate surface area is 229 Å². The molecule has 0 radical (unpaired) electrons. The van der Waals surface area contributed by atoms with Crippen LogP contribution in [-0.4, -0.2) is 72.1 Å². The van der Waals surface area contributed by atoms with Crippen LogP contribution in [0.4, 0.5) is 4.79 Å². The Bertz CT molecular complexity index is 1020. The van der Waals surface area contributed by atoms with Gasteiger partial charge in [0.05, 0.1) is 19.1 Å². The molecule has 38 heavy (non-hydrogen) atoms. The summed E-state index contributed by atoms with van der Waals surface area (Å²) in [5, 5.41) is 15.0. The zero-order valence-corrected chi connectivity index (χ0v) is 24.2. The molecule has 210 valence electrons. The number of benzene rings is 1. The number of hydrogen-bond donors (Lipinski definition) is 2. The van der Waals surface area contributed by atoms with Crippen LogP contribution in [0.5, 0.6) is 0 Å². The molecule has 2 N–H and O–H groups in total. The average Bonchev–Trinajstić information content (AvgIpc) is 2.82. The standard InChI is InChI=1S/C27H40N4O6S/c1-8-36-22(32)11-14-29-24(33)23(20-17-18(2)9-10-19(20)3)31(15-13-28)25(34)21(12-16-38-7)30-26(35)37-27(4,5)6/h9-10,17,21,23H,8,11-12,14-16H2,1-7H3,(H,29,33)(H,30,35). The third-order valence-corrected chi connectivity index (χ3v) is 5.99. The quantitative estimate of drug-likeness (QED) is 0.283. The molecule has 0 heterocycles. The highest BCUT2D eigenvalue weighted by Crippen LogP contribution is 2.27. The van der Waals surface area contributed by atoms with Crippen molar-refractivity contribution in [3.8, 4) is 6.07 Å². The van der Waals surface area contributed by atoms with Gasteiger partial charge in [0.1, 0.15) is 24.2 Å². The van der Waals surface area contributed by atoms with E-state index in [1.165, 1.54) is 16.7 Å². The number of amides is 3. The van der Waals surface area contributed by atoms with E-state index in [2.05, 4.69) is 10.6 Å². The molecule has 0 aromatic heterocycles. The molecule has 0 bridgehead atoms. The van der Waals surface area contributed by atoms with E-state index >= 15 is 0 Å². The molecule has 0 aliphatic carbocycles. The number of nitrogens with one attached hydrogen (secondary N) is 2. The number of carbonyl (C=O) groups is 4. The van der Waals surface area contributed by atoms with E-state index in [4.69, 9.17) is 9.47 Å². The van der Waals surface area contributed by atoms with Crippen molar-refractivity contribution in [1.82, 2.24) is 15.5 Å². The van der Waals surface area contributed by atoms with Crippen molar-refractivity contribution in [3.05, 3.63) is 34.9 Å². The summed E-state index contributed by atoms with van der Waals surface area (Å²) >= 11 is 1.49. The summed E-state index contributed by atoms with van der Waals surface area (Å²) in [7, 11) is 0. The van der Waals surface area contributed by atoms with Crippen LogP contribution in [0.2, 0.25) is 0 Å². The summed E-state index contributed by atoms with van der Waals surface area (Å²) in [5.74, 6) is -1.04. The lowest BCUT2D eigenvalue weighted by atomic mass is 9.96. The molecular weight excluding hydrogens is 508 g/mol. The number of carbonyl (C=O) groups excluding carboxylic acids is 4. The van der Waals surface area contributed by atoms with Crippen molar-refractivity contribution < 1.29 is 28.7 Å². The van der Waals surface area contributed by atoms with Gasteiger partial charge in [0, 0.05) is 6.54 Å². The molecule has 2 atom stereocenters. The fourth-order valence-corrected chi connectivity index (χ4v) is 4.11. The van der Waals surface area contributed by atoms with Crippen molar-refractivity contribution in [2.24, 2.45) is 0 Å². The highest BCUT2D eigenvalue weighted by Gasteiger charge is 2.36. The van der Waals surface area contributed by atoms with E-state index in [9.17, 15) is 24.4 Å². The van der Waals surface area contributed by atoms with Crippen LogP contribution in [0.25, 0.3) is 0 Å². The fraction of sp³-hybridized carbons (Fsp3) is 0.593. The summed E-state index contributed by atoms with van der Waals surface area (Å²) in [6.45, 7) is 10.3. The first kappa shape index (κ1) is 32.8. The molecule has 11 heteroatoms. The molecule has 1 rings (SSSR count). The van der Waals surface area contributed by atoms with Crippen LogP contribution in [0.1, 0.15) is 63.3 Å². The first-order chi connectivity index (χ1) is 17.8. The van der Waals surface area contributed by atoms with Gasteiger partial charge >= 0.3 is 12.1 Å². The Kier molecular flexibility index (Phi) is 13.7. The number of nitriles is 1. The van der Waals surface area contributed by atoms with E-state index in [0.29, 0.717) is 11.3 Å². The zero-order chi connectivity index (χ0) is 28.9. The van der Waals surface area contributed by atoms with Gasteiger partial charge in [0.25, 0.3) is 0 Å². The number of alkyl carbamates (subject to hydrolysis) is 1. The van der Waals surface area contributed by atoms with E-state index in [1.54, 1.807) is 33.8 Å². The van der Waals surface area contributed by atoms with Gasteiger partial charge in [-0.15, -0.1) is 0 Å². The molecule has 1 aromatic carbocycles. The molecular formula is C27H40N4O6S. The Morgan fingerprint density at radius 2 is 1.87 bits per heavy atom. The van der Waals surface area contributed by atoms with Crippen molar-refractivity contribution in [2.45, 2.75) is 72.1 Å². The predicted octanol–water partition coefficient (Wildman–Crippen LogP) is 3.41. The lowest BCUT2D eigenvalue weighted by Gasteiger charge is -2.33. The number of esters is 1. The third-order valence-electron chi connectivity index (χ3n) is 5.35. The normalized spacial score (nSPS) is 12.5. The number of rotatable bonds is 13. The number of ether oxygens (including phenoxy) is 2. The lowest BCUT2D eigenvalue weighted by Crippen LogP contribution is -2.53. The van der Waals surface area contributed by atoms with E-state index < -0.39 is 48.1 Å². The Balaban J connectivity index is 3.42. The number of thioether (sulfide) groups is 1. The van der Waals surface area contributed by atoms with Gasteiger partial charge in [0.15, 0.2) is 0 Å². The van der Waals surface area contributed by atoms with E-state index in [-0.39, 0.29) is 26.0 Å². The Hall–Kier alpha value is -3.26. The van der Waals surface area contributed by atoms with Gasteiger partial charge in [-0.05, 0) is 71.1 Å². The van der Waals surface area contributed by atoms with Crippen LogP contribution in [-0.2, 0) is 23.9 Å². The predicted molar refractivity (Wildman–Crippen MR) is 146 cm³/mol. The molecule has 0 saturated carbocycles. The maximum Gasteiger partial charge on any atom is 0.408 e. The van der Waals surface area contributed by atoms with E-state index in [1.807, 2.05) is 38.3 Å². The van der Waals surface area contributed by atoms with Gasteiger partial charge in [-0.3, -0.25) is 14.4 Å². The van der Waals surface area contributed by atoms with Gasteiger partial charge in [-0.25, -0.2) is 4.79 Å². The molecule has 1 aromatic rings. The average molecular weight is 549 g/mol. The lowest BCUT2D eigenvalue weighted by molar-refractivity contribution is -0.144. The first-order valence-electron chi connectivity index (χ1n) is 12.5. The van der Waals surface area contributed by atoms with Crippen molar-refractivity contribution in [3.63, 3.8) is 0 Å². The minimum absolute atomic E-state index is 0.000322. The second kappa shape index (κ2) is 15.9. The summed E-state index contributed by atoms with van der Waals surface area (Å²) in [6, 6.07) is 5.31. The molecule has 0 saturated heterocycles. The monoisotopic (exact) mass is 548 g/mol. The summed E-state index contributed by atoms with van der Waals surface area (Å²) in [6.07, 6.45) is 1.33. The number of hydrogen-bond acceptors (Lipinski definition) is 8. The maximum atomic E-state index is 13.9. The second-order valence-corrected chi connectivity index (χ2v) is 10.7. The van der Waals surface area contributed by atoms with Gasteiger partial charge in [-0.1, -0.05) is 23.8 Å². The smallest absolute Gasteiger partial charge is 0.408 e. The molecule has 0 spiro atoms. The SMILES string of the molecule is CCOC(=O)CCNC(=O)C(c1cc(C)ccc1C)N(CC#N)C(=O)C(CCSC)NC(=O)OC(C)(C)C. The van der Waals surface area contributed by atoms with Crippen molar-refractivity contribution >= 4 is 35.6 Å². The summed E-state index contributed by atoms with van der Waals surface area (Å²) in [4.78, 5) is 52.9. The van der Waals surface area contributed by atoms with Crippen LogP contribution in [0.3, 0.4) is 0 Å². The number of nitrogens with zero attached hydrogens (tertiary/aromatic N) is 2. The van der Waals surface area contributed by atoms with Crippen molar-refractivity contribution in [1.29, 1.82) is 5.26 Å². The number of aryl methyl sites for hydroxylation is 2. The Morgan fingerprint density at radius 1 is 1.18 bits per heavy atom. The minimum Gasteiger partial charge on any atom is -0.466 e. The topological polar surface area (TPSA) is 138 Å². The molecule has 0 aliphatic rings. The minimum atomic E-state index is -1.17. The summed E-state index contributed by atoms with van der Waals surface area (Å²) < 4.78 is 10.3. The van der Waals surface area contributed by atoms with E-state index in [0.717, 1.165) is 11.1 Å². The van der Waals surface area contributed by atoms with Gasteiger partial charge < -0.3 is 25.0 Å². The van der Waals surface area contributed by atoms with Crippen LogP contribution < -0.4 is 10.6 Å². The molecule has 0 aliphatic heterocycles. The summed E-state index contributed by atoms with van der Waals surface area (Å²) in [5.41, 5.74) is 1.38. The second-order valence-electron chi connectivity index (χ2n) is 9.71. The fourth-order valence-electron chi connectivity index (χ4n) is 3.64. The highest BCUT2D eigenvalue weighted by molar-refractivity contribution is 7.98. The van der Waals surface area contributed by atoms with Gasteiger partial charge in [0.2, 0.25) is 11.8 Å². The largest absolute Gasteiger partial charge is 0.466 e. The first-order valence-corrected chi connectivity index (χ1v) is 13.9. The molecule has 2 unspecified atom stereocenters. The van der Waals surface area contributed by atoms with Crippen LogP contribution in [0, 0.1) is 25.2 Å². The molecule has 3 amide bonds. The van der Waals surface area contributed by atoms with Crippen molar-refractivity contribution in [2.75, 3.05) is 31.7 Å². The highest BCUT2D eigenvalue weighted by atomic mass is 32.2.